The summed E-state index contributed by atoms with van der Waals surface area (Å²) in [5, 5.41) is 39.3. The molecular weight excluding hydrogens is 747 g/mol. The van der Waals surface area contributed by atoms with Gasteiger partial charge in [-0.05, 0) is 87.1 Å². The second-order valence-corrected chi connectivity index (χ2v) is 19.1. The van der Waals surface area contributed by atoms with Crippen LogP contribution in [0.4, 0.5) is 5.69 Å². The maximum Gasteiger partial charge on any atom is 0.322 e. The molecular formula is C47H61N5O7. The zero-order valence-corrected chi connectivity index (χ0v) is 35.3. The summed E-state index contributed by atoms with van der Waals surface area (Å²) in [6.07, 6.45) is 7.93. The number of benzene rings is 2. The number of methoxy groups -OCH3 is 2. The number of aromatic amines is 1. The summed E-state index contributed by atoms with van der Waals surface area (Å²) in [5.74, 6) is -0.367. The summed E-state index contributed by atoms with van der Waals surface area (Å²) in [7, 11) is 5.04. The topological polar surface area (TPSA) is 142 Å². The van der Waals surface area contributed by atoms with Gasteiger partial charge in [0.05, 0.1) is 25.9 Å². The van der Waals surface area contributed by atoms with E-state index in [1.807, 2.05) is 37.1 Å². The molecule has 1 aliphatic carbocycles. The number of aromatic nitrogens is 1. The highest BCUT2D eigenvalue weighted by Gasteiger charge is 2.79. The van der Waals surface area contributed by atoms with Gasteiger partial charge in [0.25, 0.3) is 5.91 Å². The van der Waals surface area contributed by atoms with Gasteiger partial charge in [0.2, 0.25) is 0 Å². The Bertz CT molecular complexity index is 2240. The number of esters is 1. The molecule has 2 bridgehead atoms. The smallest absolute Gasteiger partial charge is 0.322 e. The second-order valence-electron chi connectivity index (χ2n) is 19.1. The molecule has 10 atom stereocenters. The van der Waals surface area contributed by atoms with E-state index >= 15 is 9.59 Å². The van der Waals surface area contributed by atoms with Crippen LogP contribution in [-0.4, -0.2) is 143 Å². The van der Waals surface area contributed by atoms with E-state index in [9.17, 15) is 15.3 Å². The van der Waals surface area contributed by atoms with Crippen LogP contribution < -0.4 is 9.64 Å². The number of rotatable bonds is 6. The first-order chi connectivity index (χ1) is 28.4. The Kier molecular flexibility index (Phi) is 8.99. The number of nitrogens with one attached hydrogen (secondary N) is 1. The zero-order valence-electron chi connectivity index (χ0n) is 35.3. The Hall–Kier alpha value is -3.94. The lowest BCUT2D eigenvalue weighted by atomic mass is 9.47. The maximum atomic E-state index is 15.4. The third kappa shape index (κ3) is 5.01. The lowest BCUT2D eigenvalue weighted by Gasteiger charge is -2.63. The number of hydrogen-bond acceptors (Lipinski definition) is 10. The number of hydrogen-bond donors (Lipinski definition) is 4. The predicted molar refractivity (Wildman–Crippen MR) is 225 cm³/mol. The number of H-pyrrole nitrogens is 1. The minimum Gasteiger partial charge on any atom is -0.496 e. The molecule has 3 aromatic rings. The Morgan fingerprint density at radius 2 is 1.75 bits per heavy atom. The van der Waals surface area contributed by atoms with Gasteiger partial charge in [0.1, 0.15) is 17.3 Å². The first kappa shape index (κ1) is 39.2. The molecule has 59 heavy (non-hydrogen) atoms. The fourth-order valence-electron chi connectivity index (χ4n) is 14.2. The van der Waals surface area contributed by atoms with Crippen LogP contribution in [0.15, 0.2) is 48.6 Å². The monoisotopic (exact) mass is 807 g/mol. The number of likely N-dealkylation sites (N-methyl/N-ethyl adjacent to an activating group) is 1. The number of ether oxygens (including phenoxy) is 2. The molecule has 7 aliphatic rings. The summed E-state index contributed by atoms with van der Waals surface area (Å²) in [6, 6.07) is 11.4. The van der Waals surface area contributed by atoms with Crippen molar-refractivity contribution in [3.8, 4) is 5.75 Å². The van der Waals surface area contributed by atoms with Crippen LogP contribution in [0, 0.1) is 11.3 Å². The Labute approximate surface area is 347 Å². The first-order valence-corrected chi connectivity index (χ1v) is 22.1. The molecule has 12 heteroatoms. The summed E-state index contributed by atoms with van der Waals surface area (Å²) >= 11 is 0. The number of aliphatic hydroxyl groups excluding tert-OH is 1. The lowest BCUT2D eigenvalue weighted by Crippen LogP contribution is -2.81. The van der Waals surface area contributed by atoms with E-state index in [0.717, 1.165) is 65.9 Å². The van der Waals surface area contributed by atoms with Gasteiger partial charge in [0, 0.05) is 97.1 Å². The van der Waals surface area contributed by atoms with E-state index in [0.29, 0.717) is 76.0 Å². The predicted octanol–water partition coefficient (Wildman–Crippen LogP) is 3.87. The van der Waals surface area contributed by atoms with Crippen molar-refractivity contribution in [3.63, 3.8) is 0 Å². The first-order valence-electron chi connectivity index (χ1n) is 22.1. The van der Waals surface area contributed by atoms with Crippen molar-refractivity contribution in [2.45, 2.75) is 105 Å². The van der Waals surface area contributed by atoms with Gasteiger partial charge < -0.3 is 39.6 Å². The molecule has 10 rings (SSSR count). The van der Waals surface area contributed by atoms with Crippen molar-refractivity contribution in [2.75, 3.05) is 72.0 Å². The van der Waals surface area contributed by atoms with Crippen LogP contribution in [0.3, 0.4) is 0 Å². The number of carbonyl (C=O) groups is 2. The molecule has 4 N–H and O–H groups in total. The van der Waals surface area contributed by atoms with Crippen molar-refractivity contribution in [2.24, 2.45) is 11.3 Å². The number of carbonyl (C=O) groups excluding carboxylic acids is 2. The molecule has 4 fully saturated rings. The van der Waals surface area contributed by atoms with Crippen molar-refractivity contribution < 1.29 is 34.4 Å². The fraction of sp³-hybridized carbons (Fsp3) is 0.617. The largest absolute Gasteiger partial charge is 0.496 e. The van der Waals surface area contributed by atoms with Crippen molar-refractivity contribution in [1.82, 2.24) is 19.7 Å². The molecule has 1 saturated carbocycles. The summed E-state index contributed by atoms with van der Waals surface area (Å²) in [5.41, 5.74) is -0.912. The molecule has 3 saturated heterocycles. The highest BCUT2D eigenvalue weighted by atomic mass is 16.5. The van der Waals surface area contributed by atoms with Crippen LogP contribution in [0.5, 0.6) is 5.75 Å². The second kappa shape index (κ2) is 13.5. The summed E-state index contributed by atoms with van der Waals surface area (Å²) < 4.78 is 12.4. The molecule has 6 aliphatic heterocycles. The van der Waals surface area contributed by atoms with Gasteiger partial charge in [-0.1, -0.05) is 44.2 Å². The van der Waals surface area contributed by atoms with Crippen LogP contribution in [-0.2, 0) is 31.6 Å². The molecule has 7 heterocycles. The number of amides is 1. The van der Waals surface area contributed by atoms with Gasteiger partial charge in [-0.3, -0.25) is 19.4 Å². The Morgan fingerprint density at radius 3 is 2.47 bits per heavy atom. The SMILES string of the molecule is CC[C@]1(O)C[C@H]2CN(CCc3c([nH]c4ccccc34)[C@@](C(=O)OC)(c3cc4c(cc3OC)N(C)[C@H]3[C@@](O)(C(=O)N5CCCC5)[C@H](O)[C@]5(CC)C=CCN6CC[C@]43[C@@H]65)C2)C1. The number of anilines is 1. The molecule has 1 aromatic heterocycles. The van der Waals surface area contributed by atoms with Crippen molar-refractivity contribution in [1.29, 1.82) is 0 Å². The van der Waals surface area contributed by atoms with E-state index in [1.54, 1.807) is 12.0 Å². The van der Waals surface area contributed by atoms with Crippen LogP contribution in [0.1, 0.15) is 81.2 Å². The minimum absolute atomic E-state index is 0.0668. The highest BCUT2D eigenvalue weighted by Crippen LogP contribution is 2.68. The lowest BCUT2D eigenvalue weighted by molar-refractivity contribution is -0.210. The van der Waals surface area contributed by atoms with E-state index in [1.165, 1.54) is 7.11 Å². The molecule has 1 unspecified atom stereocenters. The van der Waals surface area contributed by atoms with Gasteiger partial charge in [0.15, 0.2) is 5.60 Å². The van der Waals surface area contributed by atoms with Gasteiger partial charge >= 0.3 is 5.97 Å². The average Bonchev–Trinajstić information content (AvgIpc) is 4.05. The van der Waals surface area contributed by atoms with E-state index < -0.39 is 51.5 Å². The van der Waals surface area contributed by atoms with Gasteiger partial charge in [-0.15, -0.1) is 0 Å². The molecule has 1 amide bonds. The third-order valence-corrected chi connectivity index (χ3v) is 16.6. The maximum absolute atomic E-state index is 15.4. The third-order valence-electron chi connectivity index (χ3n) is 16.6. The Balaban J connectivity index is 1.26. The molecule has 1 spiro atoms. The van der Waals surface area contributed by atoms with Crippen molar-refractivity contribution in [3.05, 3.63) is 70.9 Å². The number of aliphatic hydroxyl groups is 3. The molecule has 12 nitrogen and oxygen atoms in total. The normalized spacial score (nSPS) is 38.5. The molecule has 2 aromatic carbocycles. The summed E-state index contributed by atoms with van der Waals surface area (Å²) in [4.78, 5) is 42.8. The minimum atomic E-state index is -2.13. The highest BCUT2D eigenvalue weighted by molar-refractivity contribution is 5.95. The van der Waals surface area contributed by atoms with E-state index in [2.05, 4.69) is 52.1 Å². The summed E-state index contributed by atoms with van der Waals surface area (Å²) in [6.45, 7) is 8.68. The quantitative estimate of drug-likeness (QED) is 0.215. The fourth-order valence-corrected chi connectivity index (χ4v) is 14.2. The van der Waals surface area contributed by atoms with E-state index in [4.69, 9.17) is 9.47 Å². The van der Waals surface area contributed by atoms with Crippen LogP contribution in [0.25, 0.3) is 10.9 Å². The number of piperidine rings is 1. The van der Waals surface area contributed by atoms with Gasteiger partial charge in [-0.25, -0.2) is 0 Å². The van der Waals surface area contributed by atoms with E-state index in [-0.39, 0.29) is 12.0 Å². The molecule has 316 valence electrons. The van der Waals surface area contributed by atoms with Crippen LogP contribution >= 0.6 is 0 Å². The van der Waals surface area contributed by atoms with Gasteiger partial charge in [-0.2, -0.15) is 0 Å². The van der Waals surface area contributed by atoms with Crippen LogP contribution in [0.2, 0.25) is 0 Å². The molecule has 0 radical (unpaired) electrons. The number of para-hydroxylation sites is 1. The number of likely N-dealkylation sites (tertiary alicyclic amines) is 1. The average molecular weight is 808 g/mol. The number of nitrogens with zero attached hydrogens (tertiary/aromatic N) is 4. The standard InChI is InChI=1S/C47H61N5O7/c1-6-43(56)25-29-26-46(42(55)59-5,37-31(15-21-50(27-29)28-43)30-13-8-9-14-34(30)48-37)33-23-32-35(24-36(33)58-4)49(3)39-45(32)17-22-51-20-12-16-44(7-2,38(45)51)40(53)47(39,57)41(54)52-18-10-11-19-52/h8-9,12-14,16,23-24,29,38-40,48,53,56-57H,6-7,10-11,15,17-22,25-28H2,1-5H3/t29-,38+,39-,40-,43+,44-,45-,46+,47+/m1/s1. The number of fused-ring (bicyclic) bond motifs is 6. The van der Waals surface area contributed by atoms with Crippen molar-refractivity contribution >= 4 is 28.5 Å². The zero-order chi connectivity index (χ0) is 41.3. The Morgan fingerprint density at radius 1 is 0.966 bits per heavy atom.